The lowest BCUT2D eigenvalue weighted by Gasteiger charge is -2.29. The Hall–Kier alpha value is -2.57. The SMILES string of the molecule is C[C@H](CC(=O)O)N(Cc1ccccc1)C(=O)CNC(=O)OC(C)(C)C. The van der Waals surface area contributed by atoms with E-state index in [1.54, 1.807) is 27.7 Å². The molecule has 25 heavy (non-hydrogen) atoms. The van der Waals surface area contributed by atoms with E-state index in [0.717, 1.165) is 5.56 Å². The number of hydrogen-bond acceptors (Lipinski definition) is 4. The van der Waals surface area contributed by atoms with Crippen molar-refractivity contribution in [3.05, 3.63) is 35.9 Å². The standard InChI is InChI=1S/C18H26N2O5/c1-13(10-16(22)23)20(12-14-8-6-5-7-9-14)15(21)11-19-17(24)25-18(2,3)4/h5-9,13H,10-12H2,1-4H3,(H,19,24)(H,22,23)/t13-/m1/s1. The minimum absolute atomic E-state index is 0.176. The van der Waals surface area contributed by atoms with Gasteiger partial charge in [-0.25, -0.2) is 4.79 Å². The monoisotopic (exact) mass is 350 g/mol. The van der Waals surface area contributed by atoms with E-state index < -0.39 is 23.7 Å². The van der Waals surface area contributed by atoms with Gasteiger partial charge in [0.05, 0.1) is 6.42 Å². The Morgan fingerprint density at radius 3 is 2.32 bits per heavy atom. The van der Waals surface area contributed by atoms with Crippen LogP contribution in [0.5, 0.6) is 0 Å². The topological polar surface area (TPSA) is 95.9 Å². The highest BCUT2D eigenvalue weighted by molar-refractivity contribution is 5.83. The third-order valence-corrected chi connectivity index (χ3v) is 3.30. The average molecular weight is 350 g/mol. The van der Waals surface area contributed by atoms with Crippen molar-refractivity contribution in [2.75, 3.05) is 6.54 Å². The summed E-state index contributed by atoms with van der Waals surface area (Å²) in [6.45, 7) is 6.86. The Balaban J connectivity index is 2.75. The summed E-state index contributed by atoms with van der Waals surface area (Å²) in [6, 6.07) is 8.76. The van der Waals surface area contributed by atoms with Crippen LogP contribution in [0.1, 0.15) is 39.7 Å². The van der Waals surface area contributed by atoms with E-state index in [1.165, 1.54) is 4.90 Å². The number of carboxylic acid groups (broad SMARTS) is 1. The number of carboxylic acids is 1. The maximum atomic E-state index is 12.5. The lowest BCUT2D eigenvalue weighted by Crippen LogP contribution is -2.45. The van der Waals surface area contributed by atoms with Crippen LogP contribution < -0.4 is 5.32 Å². The number of amides is 2. The smallest absolute Gasteiger partial charge is 0.408 e. The normalized spacial score (nSPS) is 12.2. The first kappa shape index (κ1) is 20.5. The number of benzene rings is 1. The third-order valence-electron chi connectivity index (χ3n) is 3.30. The molecule has 7 nitrogen and oxygen atoms in total. The lowest BCUT2D eigenvalue weighted by atomic mass is 10.1. The van der Waals surface area contributed by atoms with Crippen LogP contribution in [-0.2, 0) is 20.9 Å². The molecule has 1 rings (SSSR count). The summed E-state index contributed by atoms with van der Waals surface area (Å²) in [7, 11) is 0. The van der Waals surface area contributed by atoms with Gasteiger partial charge in [-0.05, 0) is 33.3 Å². The van der Waals surface area contributed by atoms with Crippen molar-refractivity contribution in [2.45, 2.75) is 52.3 Å². The minimum Gasteiger partial charge on any atom is -0.481 e. The second-order valence-electron chi connectivity index (χ2n) is 6.81. The molecule has 0 aliphatic carbocycles. The largest absolute Gasteiger partial charge is 0.481 e. The summed E-state index contributed by atoms with van der Waals surface area (Å²) in [4.78, 5) is 36.6. The predicted molar refractivity (Wildman–Crippen MR) is 92.9 cm³/mol. The quantitative estimate of drug-likeness (QED) is 0.787. The van der Waals surface area contributed by atoms with Gasteiger partial charge in [0, 0.05) is 12.6 Å². The van der Waals surface area contributed by atoms with Crippen LogP contribution >= 0.6 is 0 Å². The van der Waals surface area contributed by atoms with E-state index in [9.17, 15) is 14.4 Å². The zero-order chi connectivity index (χ0) is 19.0. The van der Waals surface area contributed by atoms with E-state index in [1.807, 2.05) is 30.3 Å². The van der Waals surface area contributed by atoms with E-state index in [-0.39, 0.29) is 25.4 Å². The first-order valence-corrected chi connectivity index (χ1v) is 8.10. The van der Waals surface area contributed by atoms with Gasteiger partial charge in [0.15, 0.2) is 0 Å². The van der Waals surface area contributed by atoms with Gasteiger partial charge in [-0.1, -0.05) is 30.3 Å². The van der Waals surface area contributed by atoms with Gasteiger partial charge >= 0.3 is 12.1 Å². The van der Waals surface area contributed by atoms with Crippen LogP contribution in [0, 0.1) is 0 Å². The Morgan fingerprint density at radius 1 is 1.20 bits per heavy atom. The highest BCUT2D eigenvalue weighted by atomic mass is 16.6. The fourth-order valence-electron chi connectivity index (χ4n) is 2.20. The van der Waals surface area contributed by atoms with Crippen molar-refractivity contribution < 1.29 is 24.2 Å². The number of nitrogens with zero attached hydrogens (tertiary/aromatic N) is 1. The van der Waals surface area contributed by atoms with Crippen LogP contribution in [-0.4, -0.2) is 46.2 Å². The number of ether oxygens (including phenoxy) is 1. The Labute approximate surface area is 148 Å². The highest BCUT2D eigenvalue weighted by Gasteiger charge is 2.24. The molecule has 0 aliphatic rings. The minimum atomic E-state index is -0.988. The van der Waals surface area contributed by atoms with Crippen molar-refractivity contribution in [3.63, 3.8) is 0 Å². The molecule has 138 valence electrons. The molecule has 2 N–H and O–H groups in total. The molecule has 0 heterocycles. The summed E-state index contributed by atoms with van der Waals surface area (Å²) in [6.07, 6.45) is -0.864. The first-order valence-electron chi connectivity index (χ1n) is 8.10. The number of rotatable bonds is 7. The van der Waals surface area contributed by atoms with Gasteiger partial charge in [0.2, 0.25) is 5.91 Å². The van der Waals surface area contributed by atoms with E-state index in [0.29, 0.717) is 0 Å². The zero-order valence-corrected chi connectivity index (χ0v) is 15.1. The molecule has 0 unspecified atom stereocenters. The second-order valence-corrected chi connectivity index (χ2v) is 6.81. The van der Waals surface area contributed by atoms with Gasteiger partial charge in [-0.2, -0.15) is 0 Å². The summed E-state index contributed by atoms with van der Waals surface area (Å²) in [5.74, 6) is -1.36. The Kier molecular flexibility index (Phi) is 7.42. The molecule has 2 amide bonds. The number of hydrogen-bond donors (Lipinski definition) is 2. The predicted octanol–water partition coefficient (Wildman–Crippen LogP) is 2.40. The van der Waals surface area contributed by atoms with Gasteiger partial charge in [0.25, 0.3) is 0 Å². The number of aliphatic carboxylic acids is 1. The maximum Gasteiger partial charge on any atom is 0.408 e. The molecule has 7 heteroatoms. The molecule has 0 fully saturated rings. The lowest BCUT2D eigenvalue weighted by molar-refractivity contribution is -0.140. The van der Waals surface area contributed by atoms with Crippen LogP contribution in [0.2, 0.25) is 0 Å². The fraction of sp³-hybridized carbons (Fsp3) is 0.500. The summed E-state index contributed by atoms with van der Waals surface area (Å²) < 4.78 is 5.10. The van der Waals surface area contributed by atoms with Crippen LogP contribution in [0.15, 0.2) is 30.3 Å². The van der Waals surface area contributed by atoms with Crippen LogP contribution in [0.4, 0.5) is 4.79 Å². The number of nitrogens with one attached hydrogen (secondary N) is 1. The average Bonchev–Trinajstić information content (AvgIpc) is 2.49. The van der Waals surface area contributed by atoms with Crippen LogP contribution in [0.3, 0.4) is 0 Å². The molecular weight excluding hydrogens is 324 g/mol. The van der Waals surface area contributed by atoms with Crippen molar-refractivity contribution in [3.8, 4) is 0 Å². The molecule has 0 bridgehead atoms. The molecule has 0 aromatic heterocycles. The van der Waals surface area contributed by atoms with Gasteiger partial charge in [-0.3, -0.25) is 9.59 Å². The van der Waals surface area contributed by atoms with Gasteiger partial charge in [0.1, 0.15) is 12.1 Å². The molecule has 0 saturated heterocycles. The van der Waals surface area contributed by atoms with Crippen molar-refractivity contribution >= 4 is 18.0 Å². The first-order chi connectivity index (χ1) is 11.6. The summed E-state index contributed by atoms with van der Waals surface area (Å²) in [5, 5.41) is 11.4. The molecule has 1 aromatic carbocycles. The molecule has 1 atom stereocenters. The number of carbonyl (C=O) groups is 3. The molecule has 0 spiro atoms. The molecule has 0 aliphatic heterocycles. The van der Waals surface area contributed by atoms with E-state index in [2.05, 4.69) is 5.32 Å². The zero-order valence-electron chi connectivity index (χ0n) is 15.1. The van der Waals surface area contributed by atoms with Crippen molar-refractivity contribution in [1.82, 2.24) is 10.2 Å². The molecular formula is C18H26N2O5. The van der Waals surface area contributed by atoms with Gasteiger partial charge < -0.3 is 20.1 Å². The number of carbonyl (C=O) groups excluding carboxylic acids is 2. The van der Waals surface area contributed by atoms with E-state index in [4.69, 9.17) is 9.84 Å². The Bertz CT molecular complexity index is 595. The molecule has 0 radical (unpaired) electrons. The van der Waals surface area contributed by atoms with Crippen molar-refractivity contribution in [2.24, 2.45) is 0 Å². The highest BCUT2D eigenvalue weighted by Crippen LogP contribution is 2.12. The Morgan fingerprint density at radius 2 is 1.80 bits per heavy atom. The third kappa shape index (κ3) is 8.19. The fourth-order valence-corrected chi connectivity index (χ4v) is 2.20. The van der Waals surface area contributed by atoms with Gasteiger partial charge in [-0.15, -0.1) is 0 Å². The summed E-state index contributed by atoms with van der Waals surface area (Å²) >= 11 is 0. The van der Waals surface area contributed by atoms with Crippen molar-refractivity contribution in [1.29, 1.82) is 0 Å². The maximum absolute atomic E-state index is 12.5. The van der Waals surface area contributed by atoms with E-state index >= 15 is 0 Å². The van der Waals surface area contributed by atoms with Crippen LogP contribution in [0.25, 0.3) is 0 Å². The number of alkyl carbamates (subject to hydrolysis) is 1. The molecule has 0 saturated carbocycles. The summed E-state index contributed by atoms with van der Waals surface area (Å²) in [5.41, 5.74) is 0.221. The molecule has 1 aromatic rings. The second kappa shape index (κ2) is 9.05.